The number of hydrogen-bond acceptors (Lipinski definition) is 6. The summed E-state index contributed by atoms with van der Waals surface area (Å²) in [4.78, 5) is 9.36. The topological polar surface area (TPSA) is 49.3 Å². The molecule has 0 spiro atoms. The smallest absolute Gasteiger partial charge is 0.416 e. The number of benzene rings is 2. The number of alkyl halides is 3. The van der Waals surface area contributed by atoms with Crippen molar-refractivity contribution in [3.05, 3.63) is 82.2 Å². The molecule has 0 radical (unpaired) electrons. The normalized spacial score (nSPS) is 21.1. The number of hydrogen-bond donors (Lipinski definition) is 1. The van der Waals surface area contributed by atoms with Gasteiger partial charge in [0.15, 0.2) is 0 Å². The lowest BCUT2D eigenvalue weighted by atomic mass is 10.1. The van der Waals surface area contributed by atoms with Gasteiger partial charge in [-0.1, -0.05) is 23.7 Å². The maximum atomic E-state index is 12.8. The molecule has 2 unspecified atom stereocenters. The van der Waals surface area contributed by atoms with Gasteiger partial charge in [0.25, 0.3) is 0 Å². The van der Waals surface area contributed by atoms with Crippen molar-refractivity contribution in [2.75, 3.05) is 33.9 Å². The van der Waals surface area contributed by atoms with Crippen LogP contribution in [-0.2, 0) is 12.7 Å². The molecule has 5 rings (SSSR count). The van der Waals surface area contributed by atoms with Crippen LogP contribution in [-0.4, -0.2) is 55.5 Å². The Bertz CT molecular complexity index is 1240. The van der Waals surface area contributed by atoms with Gasteiger partial charge in [0, 0.05) is 55.3 Å². The van der Waals surface area contributed by atoms with E-state index in [1.807, 2.05) is 6.07 Å². The lowest BCUT2D eigenvalue weighted by Crippen LogP contribution is -2.33. The zero-order valence-electron chi connectivity index (χ0n) is 20.6. The third kappa shape index (κ3) is 5.43. The van der Waals surface area contributed by atoms with Crippen molar-refractivity contribution in [2.45, 2.75) is 31.2 Å². The lowest BCUT2D eigenvalue weighted by molar-refractivity contribution is -0.137. The molecule has 0 aromatic heterocycles. The molecular formula is C27H28ClF3N4O2. The average molecular weight is 533 g/mol. The van der Waals surface area contributed by atoms with Crippen LogP contribution >= 0.6 is 11.6 Å². The summed E-state index contributed by atoms with van der Waals surface area (Å²) in [5.41, 5.74) is 2.21. The minimum Gasteiger partial charge on any atom is -0.496 e. The molecular weight excluding hydrogens is 505 g/mol. The molecule has 0 bridgehead atoms. The number of nitrogens with one attached hydrogen (secondary N) is 1. The first kappa shape index (κ1) is 25.5. The minimum absolute atomic E-state index is 0.120. The van der Waals surface area contributed by atoms with Crippen LogP contribution in [0.2, 0.25) is 5.02 Å². The van der Waals surface area contributed by atoms with Crippen molar-refractivity contribution in [1.82, 2.24) is 15.1 Å². The number of halogens is 4. The van der Waals surface area contributed by atoms with Gasteiger partial charge < -0.3 is 24.6 Å². The molecule has 2 atom stereocenters. The van der Waals surface area contributed by atoms with Crippen LogP contribution in [0.4, 0.5) is 13.2 Å². The first-order valence-electron chi connectivity index (χ1n) is 12.1. The third-order valence-electron chi connectivity index (χ3n) is 6.95. The van der Waals surface area contributed by atoms with E-state index in [4.69, 9.17) is 26.1 Å². The SMILES string of the molecule is COc1cc(OC)c(C2CN3C=CC(N4CCC(NCc5ccc(C(F)(F)F)cc5)C4)=CC3=N2)cc1Cl. The lowest BCUT2D eigenvalue weighted by Gasteiger charge is -2.25. The van der Waals surface area contributed by atoms with Crippen molar-refractivity contribution >= 4 is 17.4 Å². The van der Waals surface area contributed by atoms with Crippen LogP contribution in [0.3, 0.4) is 0 Å². The van der Waals surface area contributed by atoms with E-state index in [1.165, 1.54) is 12.1 Å². The van der Waals surface area contributed by atoms with Gasteiger partial charge in [-0.25, -0.2) is 0 Å². The van der Waals surface area contributed by atoms with Crippen LogP contribution in [0.1, 0.15) is 29.2 Å². The second-order valence-electron chi connectivity index (χ2n) is 9.28. The molecule has 10 heteroatoms. The molecule has 37 heavy (non-hydrogen) atoms. The van der Waals surface area contributed by atoms with E-state index in [2.05, 4.69) is 33.5 Å². The van der Waals surface area contributed by atoms with Crippen molar-refractivity contribution in [1.29, 1.82) is 0 Å². The number of aliphatic imine (C=N–C) groups is 1. The molecule has 1 saturated heterocycles. The van der Waals surface area contributed by atoms with E-state index in [1.54, 1.807) is 20.3 Å². The number of amidine groups is 1. The number of ether oxygens (including phenoxy) is 2. The van der Waals surface area contributed by atoms with Gasteiger partial charge in [-0.2, -0.15) is 13.2 Å². The number of allylic oxidation sites excluding steroid dienone is 1. The molecule has 196 valence electrons. The molecule has 1 fully saturated rings. The monoisotopic (exact) mass is 532 g/mol. The van der Waals surface area contributed by atoms with Crippen LogP contribution in [0, 0.1) is 0 Å². The van der Waals surface area contributed by atoms with Crippen molar-refractivity contribution in [3.63, 3.8) is 0 Å². The van der Waals surface area contributed by atoms with E-state index in [9.17, 15) is 13.2 Å². The Morgan fingerprint density at radius 2 is 1.84 bits per heavy atom. The van der Waals surface area contributed by atoms with Crippen molar-refractivity contribution < 1.29 is 22.6 Å². The van der Waals surface area contributed by atoms with E-state index in [-0.39, 0.29) is 12.1 Å². The fourth-order valence-corrected chi connectivity index (χ4v) is 5.15. The van der Waals surface area contributed by atoms with Crippen molar-refractivity contribution in [2.24, 2.45) is 4.99 Å². The Balaban J connectivity index is 1.22. The van der Waals surface area contributed by atoms with Gasteiger partial charge in [0.2, 0.25) is 0 Å². The van der Waals surface area contributed by atoms with Gasteiger partial charge in [0.1, 0.15) is 17.3 Å². The molecule has 2 aromatic carbocycles. The van der Waals surface area contributed by atoms with Gasteiger partial charge in [-0.15, -0.1) is 0 Å². The minimum atomic E-state index is -4.31. The number of likely N-dealkylation sites (tertiary alicyclic amines) is 1. The number of rotatable bonds is 7. The quantitative estimate of drug-likeness (QED) is 0.517. The molecule has 3 aliphatic heterocycles. The summed E-state index contributed by atoms with van der Waals surface area (Å²) >= 11 is 6.38. The van der Waals surface area contributed by atoms with Gasteiger partial charge in [0.05, 0.1) is 37.4 Å². The highest BCUT2D eigenvalue weighted by molar-refractivity contribution is 6.32. The van der Waals surface area contributed by atoms with Crippen LogP contribution in [0.15, 0.2) is 65.4 Å². The summed E-state index contributed by atoms with van der Waals surface area (Å²) in [5, 5.41) is 3.99. The van der Waals surface area contributed by atoms with Crippen molar-refractivity contribution in [3.8, 4) is 11.5 Å². The molecule has 3 heterocycles. The molecule has 1 N–H and O–H groups in total. The Hall–Kier alpha value is -3.17. The highest BCUT2D eigenvalue weighted by Crippen LogP contribution is 2.39. The molecule has 0 saturated carbocycles. The Kier molecular flexibility index (Phi) is 7.09. The fourth-order valence-electron chi connectivity index (χ4n) is 4.90. The maximum absolute atomic E-state index is 12.8. The first-order chi connectivity index (χ1) is 17.7. The predicted octanol–water partition coefficient (Wildman–Crippen LogP) is 5.41. The van der Waals surface area contributed by atoms with Crippen LogP contribution < -0.4 is 14.8 Å². The number of methoxy groups -OCH3 is 2. The molecule has 2 aromatic rings. The van der Waals surface area contributed by atoms with Gasteiger partial charge >= 0.3 is 6.18 Å². The molecule has 0 aliphatic carbocycles. The first-order valence-corrected chi connectivity index (χ1v) is 12.4. The number of nitrogens with zero attached hydrogens (tertiary/aromatic N) is 3. The predicted molar refractivity (Wildman–Crippen MR) is 137 cm³/mol. The summed E-state index contributed by atoms with van der Waals surface area (Å²) in [5.74, 6) is 2.13. The van der Waals surface area contributed by atoms with E-state index >= 15 is 0 Å². The molecule has 0 amide bonds. The second kappa shape index (κ2) is 10.3. The Labute approximate surface area is 219 Å². The van der Waals surface area contributed by atoms with E-state index in [0.717, 1.165) is 54.3 Å². The molecule has 6 nitrogen and oxygen atoms in total. The summed E-state index contributed by atoms with van der Waals surface area (Å²) in [6, 6.07) is 9.09. The highest BCUT2D eigenvalue weighted by atomic mass is 35.5. The zero-order chi connectivity index (χ0) is 26.2. The number of fused-ring (bicyclic) bond motifs is 1. The fraction of sp³-hybridized carbons (Fsp3) is 0.370. The third-order valence-corrected chi connectivity index (χ3v) is 7.24. The average Bonchev–Trinajstić information content (AvgIpc) is 3.54. The highest BCUT2D eigenvalue weighted by Gasteiger charge is 2.32. The largest absolute Gasteiger partial charge is 0.496 e. The maximum Gasteiger partial charge on any atom is 0.416 e. The van der Waals surface area contributed by atoms with Gasteiger partial charge in [-0.05, 0) is 36.3 Å². The second-order valence-corrected chi connectivity index (χ2v) is 9.68. The Morgan fingerprint density at radius 3 is 2.54 bits per heavy atom. The summed E-state index contributed by atoms with van der Waals surface area (Å²) in [7, 11) is 3.19. The zero-order valence-corrected chi connectivity index (χ0v) is 21.3. The standard InChI is InChI=1S/C27H28ClF3N4O2/c1-36-24-13-25(37-2)22(28)12-21(24)23-16-35-10-8-20(11-26(35)33-23)34-9-7-19(15-34)32-14-17-3-5-18(6-4-17)27(29,30)31/h3-6,8,10-13,19,23,32H,7,9,14-16H2,1-2H3. The van der Waals surface area contributed by atoms with E-state index < -0.39 is 11.7 Å². The van der Waals surface area contributed by atoms with Crippen LogP contribution in [0.25, 0.3) is 0 Å². The Morgan fingerprint density at radius 1 is 1.08 bits per heavy atom. The van der Waals surface area contributed by atoms with Gasteiger partial charge in [-0.3, -0.25) is 4.99 Å². The van der Waals surface area contributed by atoms with Crippen LogP contribution in [0.5, 0.6) is 11.5 Å². The van der Waals surface area contributed by atoms with E-state index in [0.29, 0.717) is 29.6 Å². The summed E-state index contributed by atoms with van der Waals surface area (Å²) in [6.07, 6.45) is 2.88. The summed E-state index contributed by atoms with van der Waals surface area (Å²) in [6.45, 7) is 2.92. The molecule has 3 aliphatic rings. The summed E-state index contributed by atoms with van der Waals surface area (Å²) < 4.78 is 49.2.